The SMILES string of the molecule is S=P(c1ccccc1)(c1ccccc1)c1n[n-]nc1P(=S)(c1ccccc1)c1ccccc1.[Na+]. The van der Waals surface area contributed by atoms with Crippen LogP contribution in [0.25, 0.3) is 0 Å². The molecule has 0 amide bonds. The van der Waals surface area contributed by atoms with Crippen LogP contribution in [0.15, 0.2) is 121 Å². The molecule has 8 heteroatoms. The van der Waals surface area contributed by atoms with Gasteiger partial charge in [0, 0.05) is 0 Å². The van der Waals surface area contributed by atoms with Crippen LogP contribution in [0, 0.1) is 0 Å². The third-order valence-corrected chi connectivity index (χ3v) is 15.2. The Morgan fingerprint density at radius 1 is 0.441 bits per heavy atom. The Morgan fingerprint density at radius 3 is 0.912 bits per heavy atom. The minimum absolute atomic E-state index is 0. The van der Waals surface area contributed by atoms with Crippen LogP contribution >= 0.6 is 12.1 Å². The van der Waals surface area contributed by atoms with Crippen LogP contribution in [-0.2, 0) is 23.6 Å². The molecule has 0 aliphatic carbocycles. The van der Waals surface area contributed by atoms with Crippen molar-refractivity contribution >= 4 is 67.8 Å². The molecule has 4 aromatic carbocycles. The number of aromatic nitrogens is 3. The van der Waals surface area contributed by atoms with E-state index in [1.807, 2.05) is 72.8 Å². The molecule has 1 aromatic heterocycles. The summed E-state index contributed by atoms with van der Waals surface area (Å²) in [6.07, 6.45) is 0. The van der Waals surface area contributed by atoms with Crippen LogP contribution in [0.4, 0.5) is 0 Å². The zero-order chi connectivity index (χ0) is 22.7. The molecule has 0 atom stereocenters. The van der Waals surface area contributed by atoms with Crippen LogP contribution in [0.1, 0.15) is 0 Å². The topological polar surface area (TPSA) is 39.9 Å². The fourth-order valence-corrected chi connectivity index (χ4v) is 12.4. The molecule has 0 aliphatic heterocycles. The van der Waals surface area contributed by atoms with Gasteiger partial charge in [-0.15, -0.1) is 0 Å². The first-order valence-electron chi connectivity index (χ1n) is 10.4. The molecule has 0 saturated heterocycles. The van der Waals surface area contributed by atoms with Crippen LogP contribution in [-0.4, -0.2) is 10.2 Å². The maximum Gasteiger partial charge on any atom is 1.00 e. The minimum atomic E-state index is -2.55. The van der Waals surface area contributed by atoms with E-state index in [1.54, 1.807) is 0 Å². The summed E-state index contributed by atoms with van der Waals surface area (Å²) in [6.45, 7) is 0. The van der Waals surface area contributed by atoms with Gasteiger partial charge >= 0.3 is 29.6 Å². The number of hydrogen-bond donors (Lipinski definition) is 0. The molecule has 0 fully saturated rings. The predicted molar refractivity (Wildman–Crippen MR) is 147 cm³/mol. The maximum atomic E-state index is 6.55. The van der Waals surface area contributed by atoms with E-state index in [4.69, 9.17) is 23.6 Å². The molecule has 1 heterocycles. The second-order valence-corrected chi connectivity index (χ2v) is 16.1. The molecule has 0 unspecified atom stereocenters. The summed E-state index contributed by atoms with van der Waals surface area (Å²) >= 11 is 13.1. The van der Waals surface area contributed by atoms with Gasteiger partial charge in [-0.1, -0.05) is 145 Å². The van der Waals surface area contributed by atoms with E-state index >= 15 is 0 Å². The average molecular weight is 524 g/mol. The Morgan fingerprint density at radius 2 is 0.676 bits per heavy atom. The van der Waals surface area contributed by atoms with Crippen LogP contribution < -0.4 is 66.9 Å². The molecule has 0 saturated carbocycles. The minimum Gasteiger partial charge on any atom is -0.492 e. The Balaban J connectivity index is 0.00000274. The van der Waals surface area contributed by atoms with E-state index in [0.29, 0.717) is 0 Å². The van der Waals surface area contributed by atoms with Gasteiger partial charge in [0.05, 0.1) is 22.9 Å². The number of benzene rings is 4. The summed E-state index contributed by atoms with van der Waals surface area (Å²) in [5.41, 5.74) is 1.48. The molecular formula is C26H20N3NaP2S2. The van der Waals surface area contributed by atoms with E-state index in [-0.39, 0.29) is 29.6 Å². The molecule has 0 radical (unpaired) electrons. The van der Waals surface area contributed by atoms with Gasteiger partial charge in [-0.25, -0.2) is 0 Å². The zero-order valence-corrected chi connectivity index (χ0v) is 24.0. The van der Waals surface area contributed by atoms with Gasteiger partial charge in [-0.2, -0.15) is 0 Å². The van der Waals surface area contributed by atoms with Gasteiger partial charge in [0.1, 0.15) is 0 Å². The van der Waals surface area contributed by atoms with E-state index in [1.165, 1.54) is 0 Å². The van der Waals surface area contributed by atoms with Gasteiger partial charge in [0.2, 0.25) is 0 Å². The Kier molecular flexibility index (Phi) is 8.17. The van der Waals surface area contributed by atoms with Crippen molar-refractivity contribution in [2.24, 2.45) is 0 Å². The first-order chi connectivity index (χ1) is 16.1. The second kappa shape index (κ2) is 10.9. The molecular weight excluding hydrogens is 503 g/mol. The zero-order valence-electron chi connectivity index (χ0n) is 18.6. The van der Waals surface area contributed by atoms with Gasteiger partial charge in [-0.05, 0) is 21.2 Å². The molecule has 0 N–H and O–H groups in total. The number of hydrogen-bond acceptors (Lipinski definition) is 4. The summed E-state index contributed by atoms with van der Waals surface area (Å²) in [5.74, 6) is 0. The third kappa shape index (κ3) is 4.47. The molecule has 0 aliphatic rings. The first-order valence-corrected chi connectivity index (χ1v) is 16.1. The third-order valence-electron chi connectivity index (χ3n) is 5.55. The average Bonchev–Trinajstić information content (AvgIpc) is 3.41. The quantitative estimate of drug-likeness (QED) is 0.231. The molecule has 0 spiro atoms. The van der Waals surface area contributed by atoms with Gasteiger partial charge in [-0.3, -0.25) is 0 Å². The van der Waals surface area contributed by atoms with E-state index in [2.05, 4.69) is 63.9 Å². The Bertz CT molecular complexity index is 1260. The second-order valence-electron chi connectivity index (χ2n) is 7.50. The van der Waals surface area contributed by atoms with E-state index in [9.17, 15) is 0 Å². The van der Waals surface area contributed by atoms with Crippen molar-refractivity contribution in [3.8, 4) is 0 Å². The maximum absolute atomic E-state index is 6.55. The van der Waals surface area contributed by atoms with Gasteiger partial charge in [0.25, 0.3) is 0 Å². The van der Waals surface area contributed by atoms with Crippen LogP contribution in [0.2, 0.25) is 0 Å². The molecule has 0 bridgehead atoms. The fourth-order valence-electron chi connectivity index (χ4n) is 3.94. The van der Waals surface area contributed by atoms with Crippen molar-refractivity contribution in [3.05, 3.63) is 121 Å². The smallest absolute Gasteiger partial charge is 0.492 e. The van der Waals surface area contributed by atoms with Crippen LogP contribution in [0.5, 0.6) is 0 Å². The Labute approximate surface area is 232 Å². The van der Waals surface area contributed by atoms with Crippen molar-refractivity contribution in [3.63, 3.8) is 0 Å². The largest absolute Gasteiger partial charge is 1.00 e. The predicted octanol–water partition coefficient (Wildman–Crippen LogP) is -0.0506. The number of rotatable bonds is 6. The van der Waals surface area contributed by atoms with E-state index < -0.39 is 12.1 Å². The van der Waals surface area contributed by atoms with Crippen molar-refractivity contribution in [2.75, 3.05) is 0 Å². The fraction of sp³-hybridized carbons (Fsp3) is 0. The molecule has 162 valence electrons. The van der Waals surface area contributed by atoms with Crippen molar-refractivity contribution in [1.29, 1.82) is 0 Å². The standard InChI is InChI=1S/C26H20N3P2S2.Na/c32-30(21-13-5-1-6-14-21,22-15-7-2-8-16-22)25-26(28-29-27-25)31(33,23-17-9-3-10-18-23)24-19-11-4-12-20-24;/h1-20H;/q-1;+1. The van der Waals surface area contributed by atoms with Crippen LogP contribution in [0.3, 0.4) is 0 Å². The summed E-state index contributed by atoms with van der Waals surface area (Å²) in [6, 6.07) is 35.8. The molecule has 5 rings (SSSR count). The first kappa shape index (κ1) is 25.4. The van der Waals surface area contributed by atoms with Crippen molar-refractivity contribution < 1.29 is 29.6 Å². The summed E-state index contributed by atoms with van der Waals surface area (Å²) in [7, 11) is 0. The number of nitrogens with zero attached hydrogens (tertiary/aromatic N) is 3. The summed E-state index contributed by atoms with van der Waals surface area (Å²) < 4.78 is 0. The van der Waals surface area contributed by atoms with Crippen molar-refractivity contribution in [2.45, 2.75) is 0 Å². The van der Waals surface area contributed by atoms with Gasteiger partial charge in [0.15, 0.2) is 0 Å². The molecule has 34 heavy (non-hydrogen) atoms. The van der Waals surface area contributed by atoms with Gasteiger partial charge < -0.3 is 15.4 Å². The monoisotopic (exact) mass is 523 g/mol. The molecule has 3 nitrogen and oxygen atoms in total. The van der Waals surface area contributed by atoms with E-state index in [0.717, 1.165) is 32.1 Å². The Hall–Kier alpha value is -1.68. The molecule has 5 aromatic rings. The van der Waals surface area contributed by atoms with Crippen molar-refractivity contribution in [1.82, 2.24) is 15.4 Å². The normalized spacial score (nSPS) is 11.5. The summed E-state index contributed by atoms with van der Waals surface area (Å²) in [4.78, 5) is 0. The summed E-state index contributed by atoms with van der Waals surface area (Å²) in [5, 5.41) is 17.6.